The van der Waals surface area contributed by atoms with E-state index < -0.39 is 0 Å². The Bertz CT molecular complexity index is 6630. The van der Waals surface area contributed by atoms with E-state index in [0.29, 0.717) is 11.6 Å². The first kappa shape index (κ1) is 64.3. The zero-order chi connectivity index (χ0) is 71.7. The lowest BCUT2D eigenvalue weighted by molar-refractivity contribution is 1.18. The van der Waals surface area contributed by atoms with Gasteiger partial charge in [0, 0.05) is 77.2 Å². The van der Waals surface area contributed by atoms with Crippen LogP contribution in [0.15, 0.2) is 388 Å². The van der Waals surface area contributed by atoms with Crippen LogP contribution in [0.4, 0.5) is 0 Å². The van der Waals surface area contributed by atoms with Gasteiger partial charge in [-0.3, -0.25) is 0 Å². The van der Waals surface area contributed by atoms with Crippen molar-refractivity contribution in [2.24, 2.45) is 0 Å². The molecule has 0 aliphatic carbocycles. The molecule has 0 atom stereocenters. The van der Waals surface area contributed by atoms with Crippen molar-refractivity contribution in [2.45, 2.75) is 0 Å². The highest BCUT2D eigenvalue weighted by Gasteiger charge is 2.18. The normalized spacial score (nSPS) is 11.3. The number of hydrogen-bond acceptors (Lipinski definition) is 8. The van der Waals surface area contributed by atoms with Crippen LogP contribution in [-0.4, -0.2) is 39.9 Å². The van der Waals surface area contributed by atoms with Gasteiger partial charge in [-0.05, 0) is 92.3 Å². The molecule has 0 amide bonds. The lowest BCUT2D eigenvalue weighted by Gasteiger charge is -2.13. The molecule has 0 aliphatic heterocycles. The smallest absolute Gasteiger partial charge is 0.160 e. The average molecular weight is 1380 g/mol. The van der Waals surface area contributed by atoms with Crippen LogP contribution >= 0.6 is 0 Å². The maximum absolute atomic E-state index is 5.29. The lowest BCUT2D eigenvalue weighted by atomic mass is 9.93. The number of rotatable bonds is 12. The van der Waals surface area contributed by atoms with E-state index >= 15 is 0 Å². The minimum Gasteiger partial charge on any atom is -0.245 e. The van der Waals surface area contributed by atoms with Gasteiger partial charge in [-0.25, -0.2) is 39.9 Å². The first-order chi connectivity index (χ1) is 53.5. The van der Waals surface area contributed by atoms with Crippen LogP contribution in [0.1, 0.15) is 0 Å². The van der Waals surface area contributed by atoms with Crippen LogP contribution in [0.3, 0.4) is 0 Å². The summed E-state index contributed by atoms with van der Waals surface area (Å²) >= 11 is 0. The van der Waals surface area contributed by atoms with E-state index in [4.69, 9.17) is 39.9 Å². The molecule has 0 saturated carbocycles. The van der Waals surface area contributed by atoms with Crippen LogP contribution in [0.2, 0.25) is 0 Å². The molecule has 0 saturated heterocycles. The first-order valence-corrected chi connectivity index (χ1v) is 36.3. The fourth-order valence-electron chi connectivity index (χ4n) is 14.5. The summed E-state index contributed by atoms with van der Waals surface area (Å²) < 4.78 is 0. The van der Waals surface area contributed by atoms with Gasteiger partial charge in [-0.15, -0.1) is 0 Å². The predicted octanol–water partition coefficient (Wildman–Crippen LogP) is 25.5. The lowest BCUT2D eigenvalue weighted by Crippen LogP contribution is -1.96. The summed E-state index contributed by atoms with van der Waals surface area (Å²) in [5.41, 5.74) is 26.1. The van der Waals surface area contributed by atoms with Crippen molar-refractivity contribution in [2.75, 3.05) is 0 Å². The number of pyridine rings is 4. The van der Waals surface area contributed by atoms with Crippen molar-refractivity contribution in [3.05, 3.63) is 388 Å². The number of aromatic nitrogens is 8. The Kier molecular flexibility index (Phi) is 16.8. The second kappa shape index (κ2) is 28.2. The van der Waals surface area contributed by atoms with E-state index in [1.165, 1.54) is 21.7 Å². The first-order valence-electron chi connectivity index (χ1n) is 36.3. The maximum Gasteiger partial charge on any atom is 0.160 e. The molecule has 0 aliphatic rings. The maximum atomic E-state index is 5.29. The van der Waals surface area contributed by atoms with Crippen molar-refractivity contribution >= 4 is 65.2 Å². The molecule has 0 bridgehead atoms. The SMILES string of the molecule is c1ccc(-c2cc(-c3ccc(-c4ccc(-c5ccc6ccc7ccc(-c8ccccc8)nc7c6n5)c5ccccc45)cc3)nc(-c3ccccc3)n2)cc1.c1ccc(-c2cc(-c3ccc(-c4ccc5cc(-c6ccc7ccc8ccc(-c9ccccc9)nc8c7n6)ccc5c4)cc3)nc(-c3ccccc3)n2)cc1. The van der Waals surface area contributed by atoms with E-state index in [2.05, 4.69) is 279 Å². The summed E-state index contributed by atoms with van der Waals surface area (Å²) in [6.45, 7) is 0. The molecule has 8 nitrogen and oxygen atoms in total. The van der Waals surface area contributed by atoms with Gasteiger partial charge in [0.25, 0.3) is 0 Å². The third-order valence-corrected chi connectivity index (χ3v) is 20.2. The monoisotopic (exact) mass is 1380 g/mol. The Hall–Kier alpha value is -14.6. The average Bonchev–Trinajstić information content (AvgIpc) is 0.762. The van der Waals surface area contributed by atoms with Crippen molar-refractivity contribution in [3.8, 4) is 135 Å². The minimum atomic E-state index is 0.709. The van der Waals surface area contributed by atoms with Gasteiger partial charge in [0.15, 0.2) is 11.6 Å². The van der Waals surface area contributed by atoms with Gasteiger partial charge in [0.2, 0.25) is 0 Å². The molecule has 20 rings (SSSR count). The molecular weight excluding hydrogens is 1310 g/mol. The molecule has 0 fully saturated rings. The molecule has 0 spiro atoms. The summed E-state index contributed by atoms with van der Waals surface area (Å²) in [6.07, 6.45) is 0. The van der Waals surface area contributed by atoms with Gasteiger partial charge < -0.3 is 0 Å². The van der Waals surface area contributed by atoms with Crippen molar-refractivity contribution < 1.29 is 0 Å². The van der Waals surface area contributed by atoms with Crippen molar-refractivity contribution in [1.82, 2.24) is 39.9 Å². The standard InChI is InChI=1S/2C50H32N4/c1-4-12-34(13-5-1)44-30-26-37-24-25-38-27-31-45(52-49(38)48(37)51-44)43-29-28-40(41-18-10-11-19-42(41)43)33-20-22-36(23-21-33)47-32-46(35-14-6-2-7-15-35)53-50(54-47)39-16-8-3-9-17-39;1-4-10-34(11-5-1)44-28-26-37-20-21-38-27-29-45(52-49(38)48(37)51-44)43-25-24-41-30-40(22-23-42(41)31-43)33-16-18-36(19-17-33)47-32-46(35-12-6-2-7-13-35)53-50(54-47)39-14-8-3-9-15-39/h2*1-32H. The van der Waals surface area contributed by atoms with E-state index in [9.17, 15) is 0 Å². The van der Waals surface area contributed by atoms with Crippen molar-refractivity contribution in [3.63, 3.8) is 0 Å². The summed E-state index contributed by atoms with van der Waals surface area (Å²) in [5.74, 6) is 1.42. The van der Waals surface area contributed by atoms with Gasteiger partial charge in [0.1, 0.15) is 0 Å². The number of benzene rings is 14. The van der Waals surface area contributed by atoms with Gasteiger partial charge >= 0.3 is 0 Å². The molecule has 6 aromatic heterocycles. The second-order valence-corrected chi connectivity index (χ2v) is 27.0. The zero-order valence-electron chi connectivity index (χ0n) is 58.5. The Balaban J connectivity index is 0.000000147. The third kappa shape index (κ3) is 12.8. The zero-order valence-corrected chi connectivity index (χ0v) is 58.5. The highest BCUT2D eigenvalue weighted by molar-refractivity contribution is 6.08. The molecule has 504 valence electrons. The Morgan fingerprint density at radius 3 is 0.796 bits per heavy atom. The summed E-state index contributed by atoms with van der Waals surface area (Å²) in [4.78, 5) is 40.6. The molecule has 14 aromatic carbocycles. The van der Waals surface area contributed by atoms with Crippen LogP contribution < -0.4 is 0 Å². The molecule has 0 N–H and O–H groups in total. The van der Waals surface area contributed by atoms with Gasteiger partial charge in [-0.2, -0.15) is 0 Å². The number of hydrogen-bond donors (Lipinski definition) is 0. The quantitative estimate of drug-likeness (QED) is 0.111. The summed E-state index contributed by atoms with van der Waals surface area (Å²) in [6, 6.07) is 135. The molecule has 8 heteroatoms. The molecular formula is C100H64N8. The summed E-state index contributed by atoms with van der Waals surface area (Å²) in [5, 5.41) is 8.97. The predicted molar refractivity (Wildman–Crippen MR) is 446 cm³/mol. The van der Waals surface area contributed by atoms with Crippen molar-refractivity contribution in [1.29, 1.82) is 0 Å². The Labute approximate surface area is 624 Å². The molecule has 108 heavy (non-hydrogen) atoms. The molecule has 0 radical (unpaired) electrons. The van der Waals surface area contributed by atoms with Crippen LogP contribution in [0.5, 0.6) is 0 Å². The van der Waals surface area contributed by atoms with E-state index in [1.54, 1.807) is 0 Å². The van der Waals surface area contributed by atoms with Crippen LogP contribution in [0, 0.1) is 0 Å². The molecule has 20 aromatic rings. The second-order valence-electron chi connectivity index (χ2n) is 27.0. The summed E-state index contributed by atoms with van der Waals surface area (Å²) in [7, 11) is 0. The minimum absolute atomic E-state index is 0.709. The number of fused-ring (bicyclic) bond motifs is 8. The Morgan fingerprint density at radius 1 is 0.130 bits per heavy atom. The van der Waals surface area contributed by atoms with E-state index in [1.807, 2.05) is 109 Å². The number of nitrogens with zero attached hydrogens (tertiary/aromatic N) is 8. The van der Waals surface area contributed by atoms with Crippen LogP contribution in [0.25, 0.3) is 200 Å². The Morgan fingerprint density at radius 2 is 0.389 bits per heavy atom. The topological polar surface area (TPSA) is 103 Å². The fourth-order valence-corrected chi connectivity index (χ4v) is 14.5. The van der Waals surface area contributed by atoms with E-state index in [0.717, 1.165) is 167 Å². The van der Waals surface area contributed by atoms with Gasteiger partial charge in [0.05, 0.1) is 67.6 Å². The third-order valence-electron chi connectivity index (χ3n) is 20.2. The fraction of sp³-hybridized carbons (Fsp3) is 0. The molecule has 6 heterocycles. The molecule has 0 unspecified atom stereocenters. The van der Waals surface area contributed by atoms with Crippen LogP contribution in [-0.2, 0) is 0 Å². The van der Waals surface area contributed by atoms with Gasteiger partial charge in [-0.1, -0.05) is 340 Å². The highest BCUT2D eigenvalue weighted by Crippen LogP contribution is 2.40. The largest absolute Gasteiger partial charge is 0.245 e. The highest BCUT2D eigenvalue weighted by atomic mass is 14.9. The van der Waals surface area contributed by atoms with E-state index in [-0.39, 0.29) is 0 Å².